The number of aryl methyl sites for hydroxylation is 1. The number of rotatable bonds is 5. The van der Waals surface area contributed by atoms with Gasteiger partial charge in [-0.15, -0.1) is 0 Å². The number of guanidine groups is 1. The second-order valence-corrected chi connectivity index (χ2v) is 6.26. The predicted octanol–water partition coefficient (Wildman–Crippen LogP) is 4.29. The molecule has 0 unspecified atom stereocenters. The molecule has 152 valence electrons. The summed E-state index contributed by atoms with van der Waals surface area (Å²) in [6, 6.07) is 18.0. The van der Waals surface area contributed by atoms with Gasteiger partial charge in [-0.1, -0.05) is 56.3 Å². The van der Waals surface area contributed by atoms with Crippen LogP contribution in [-0.2, 0) is 13.0 Å². The fourth-order valence-corrected chi connectivity index (χ4v) is 3.07. The summed E-state index contributed by atoms with van der Waals surface area (Å²) < 4.78 is 15.2. The summed E-state index contributed by atoms with van der Waals surface area (Å²) in [5.74, 6) is -0.990. The Morgan fingerprint density at radius 1 is 1.03 bits per heavy atom. The monoisotopic (exact) mass is 394 g/mol. The van der Waals surface area contributed by atoms with E-state index in [0.717, 1.165) is 22.5 Å². The van der Waals surface area contributed by atoms with Crippen molar-refractivity contribution in [3.8, 4) is 11.3 Å². The number of carbonyl (C=O) groups is 1. The molecule has 0 saturated heterocycles. The number of amides is 1. The lowest BCUT2D eigenvalue weighted by molar-refractivity contribution is 0.100. The molecule has 3 rings (SSSR count). The van der Waals surface area contributed by atoms with E-state index in [1.54, 1.807) is 12.1 Å². The van der Waals surface area contributed by atoms with Crippen LogP contribution in [0.25, 0.3) is 11.3 Å². The van der Waals surface area contributed by atoms with Gasteiger partial charge in [0.05, 0.1) is 5.56 Å². The second-order valence-electron chi connectivity index (χ2n) is 6.26. The summed E-state index contributed by atoms with van der Waals surface area (Å²) >= 11 is 0. The van der Waals surface area contributed by atoms with E-state index in [4.69, 9.17) is 11.5 Å². The summed E-state index contributed by atoms with van der Waals surface area (Å²) in [5, 5.41) is 0. The van der Waals surface area contributed by atoms with Crippen LogP contribution in [0.3, 0.4) is 0 Å². The number of hydrogen-bond acceptors (Lipinski definition) is 1. The lowest BCUT2D eigenvalue weighted by Gasteiger charge is -2.12. The zero-order chi connectivity index (χ0) is 21.4. The highest BCUT2D eigenvalue weighted by atomic mass is 19.1. The van der Waals surface area contributed by atoms with Gasteiger partial charge < -0.3 is 16.0 Å². The summed E-state index contributed by atoms with van der Waals surface area (Å²) in [4.78, 5) is 16.0. The summed E-state index contributed by atoms with van der Waals surface area (Å²) in [6.07, 6.45) is 0.700. The Balaban J connectivity index is 0.00000145. The van der Waals surface area contributed by atoms with Crippen LogP contribution >= 0.6 is 0 Å². The molecule has 6 heteroatoms. The number of halogens is 1. The fourth-order valence-electron chi connectivity index (χ4n) is 3.07. The third kappa shape index (κ3) is 5.54. The molecule has 3 aromatic rings. The zero-order valence-electron chi connectivity index (χ0n) is 17.0. The van der Waals surface area contributed by atoms with Gasteiger partial charge in [0, 0.05) is 17.9 Å². The molecule has 0 aliphatic rings. The highest BCUT2D eigenvalue weighted by Crippen LogP contribution is 2.27. The maximum atomic E-state index is 13.1. The van der Waals surface area contributed by atoms with Gasteiger partial charge in [0.15, 0.2) is 5.96 Å². The summed E-state index contributed by atoms with van der Waals surface area (Å²) in [5.41, 5.74) is 14.9. The van der Waals surface area contributed by atoms with Crippen LogP contribution in [0.5, 0.6) is 0 Å². The molecule has 1 aromatic heterocycles. The number of carbonyl (C=O) groups excluding carboxylic acids is 1. The summed E-state index contributed by atoms with van der Waals surface area (Å²) in [7, 11) is 0. The van der Waals surface area contributed by atoms with Crippen LogP contribution in [0.1, 0.15) is 35.5 Å². The number of nitrogens with zero attached hydrogens (tertiary/aromatic N) is 2. The van der Waals surface area contributed by atoms with Gasteiger partial charge in [0.25, 0.3) is 5.91 Å². The van der Waals surface area contributed by atoms with Gasteiger partial charge in [-0.2, -0.15) is 4.99 Å². The van der Waals surface area contributed by atoms with Crippen molar-refractivity contribution >= 4 is 11.9 Å². The molecule has 0 bridgehead atoms. The first-order valence-electron chi connectivity index (χ1n) is 9.59. The molecular formula is C23H27FN4O. The van der Waals surface area contributed by atoms with Gasteiger partial charge in [-0.05, 0) is 42.7 Å². The van der Waals surface area contributed by atoms with Crippen LogP contribution in [-0.4, -0.2) is 16.4 Å². The van der Waals surface area contributed by atoms with E-state index in [9.17, 15) is 9.18 Å². The Morgan fingerprint density at radius 2 is 1.66 bits per heavy atom. The third-order valence-corrected chi connectivity index (χ3v) is 4.43. The van der Waals surface area contributed by atoms with Gasteiger partial charge >= 0.3 is 0 Å². The SMILES string of the molecule is CC.Cc1c(C(=O)N=C(N)N)cc(-c2ccccc2)n1CCc1ccc(F)cc1. The van der Waals surface area contributed by atoms with Crippen molar-refractivity contribution in [2.75, 3.05) is 0 Å². The van der Waals surface area contributed by atoms with Crippen molar-refractivity contribution < 1.29 is 9.18 Å². The Hall–Kier alpha value is -3.41. The first-order valence-corrected chi connectivity index (χ1v) is 9.59. The topological polar surface area (TPSA) is 86.4 Å². The normalized spacial score (nSPS) is 10.1. The van der Waals surface area contributed by atoms with E-state index in [2.05, 4.69) is 9.56 Å². The zero-order valence-corrected chi connectivity index (χ0v) is 17.0. The molecule has 0 fully saturated rings. The first-order chi connectivity index (χ1) is 14.0. The number of aliphatic imine (C=N–C) groups is 1. The van der Waals surface area contributed by atoms with Gasteiger partial charge in [-0.25, -0.2) is 4.39 Å². The number of nitrogens with two attached hydrogens (primary N) is 2. The largest absolute Gasteiger partial charge is 0.370 e. The Labute approximate surface area is 170 Å². The van der Waals surface area contributed by atoms with Crippen LogP contribution in [0, 0.1) is 12.7 Å². The molecule has 0 saturated carbocycles. The summed E-state index contributed by atoms with van der Waals surface area (Å²) in [6.45, 7) is 6.50. The smallest absolute Gasteiger partial charge is 0.282 e. The van der Waals surface area contributed by atoms with Crippen LogP contribution < -0.4 is 11.5 Å². The van der Waals surface area contributed by atoms with Gasteiger partial charge in [0.2, 0.25) is 0 Å². The third-order valence-electron chi connectivity index (χ3n) is 4.43. The quantitative estimate of drug-likeness (QED) is 0.500. The number of benzene rings is 2. The van der Waals surface area contributed by atoms with Gasteiger partial charge in [-0.3, -0.25) is 4.79 Å². The van der Waals surface area contributed by atoms with E-state index < -0.39 is 5.91 Å². The molecule has 4 N–H and O–H groups in total. The molecule has 2 aromatic carbocycles. The molecular weight excluding hydrogens is 367 g/mol. The minimum absolute atomic E-state index is 0.258. The Bertz CT molecular complexity index is 972. The molecule has 0 aliphatic carbocycles. The highest BCUT2D eigenvalue weighted by molar-refractivity contribution is 6.03. The minimum atomic E-state index is -0.467. The van der Waals surface area contributed by atoms with Crippen LogP contribution in [0.15, 0.2) is 65.7 Å². The number of aromatic nitrogens is 1. The molecule has 0 atom stereocenters. The van der Waals surface area contributed by atoms with Crippen molar-refractivity contribution in [1.82, 2.24) is 4.57 Å². The number of hydrogen-bond donors (Lipinski definition) is 2. The van der Waals surface area contributed by atoms with E-state index >= 15 is 0 Å². The van der Waals surface area contributed by atoms with E-state index in [0.29, 0.717) is 18.5 Å². The van der Waals surface area contributed by atoms with Crippen molar-refractivity contribution in [3.05, 3.63) is 83.3 Å². The van der Waals surface area contributed by atoms with E-state index in [1.165, 1.54) is 12.1 Å². The molecule has 5 nitrogen and oxygen atoms in total. The van der Waals surface area contributed by atoms with Crippen molar-refractivity contribution in [1.29, 1.82) is 0 Å². The lowest BCUT2D eigenvalue weighted by atomic mass is 10.1. The first kappa shape index (κ1) is 21.9. The average molecular weight is 394 g/mol. The molecule has 1 amide bonds. The van der Waals surface area contributed by atoms with Crippen LogP contribution in [0.4, 0.5) is 4.39 Å². The molecule has 0 spiro atoms. The minimum Gasteiger partial charge on any atom is -0.370 e. The van der Waals surface area contributed by atoms with Crippen LogP contribution in [0.2, 0.25) is 0 Å². The van der Waals surface area contributed by atoms with E-state index in [1.807, 2.05) is 57.2 Å². The molecule has 0 radical (unpaired) electrons. The maximum absolute atomic E-state index is 13.1. The van der Waals surface area contributed by atoms with Crippen molar-refractivity contribution in [2.45, 2.75) is 33.7 Å². The standard InChI is InChI=1S/C21H21FN4O.C2H6/c1-14-18(20(27)25-21(23)24)13-19(16-5-3-2-4-6-16)26(14)12-11-15-7-9-17(22)10-8-15;1-2/h2-10,13H,11-12H2,1H3,(H4,23,24,25,27);1-2H3. The fraction of sp³-hybridized carbons (Fsp3) is 0.217. The molecule has 0 aliphatic heterocycles. The average Bonchev–Trinajstić information content (AvgIpc) is 3.06. The molecule has 1 heterocycles. The second kappa shape index (κ2) is 10.2. The van der Waals surface area contributed by atoms with Gasteiger partial charge in [0.1, 0.15) is 5.82 Å². The maximum Gasteiger partial charge on any atom is 0.282 e. The lowest BCUT2D eigenvalue weighted by Crippen LogP contribution is -2.24. The van der Waals surface area contributed by atoms with E-state index in [-0.39, 0.29) is 11.8 Å². The Kier molecular flexibility index (Phi) is 7.71. The van der Waals surface area contributed by atoms with Crippen molar-refractivity contribution in [2.24, 2.45) is 16.5 Å². The predicted molar refractivity (Wildman–Crippen MR) is 116 cm³/mol. The highest BCUT2D eigenvalue weighted by Gasteiger charge is 2.18. The van der Waals surface area contributed by atoms with Crippen molar-refractivity contribution in [3.63, 3.8) is 0 Å². The molecule has 29 heavy (non-hydrogen) atoms. The Morgan fingerprint density at radius 3 is 2.24 bits per heavy atom.